The molecule has 0 bridgehead atoms. The first-order chi connectivity index (χ1) is 18.2. The van der Waals surface area contributed by atoms with E-state index in [1.54, 1.807) is 54.6 Å². The van der Waals surface area contributed by atoms with Gasteiger partial charge in [-0.05, 0) is 84.8 Å². The predicted molar refractivity (Wildman–Crippen MR) is 146 cm³/mol. The molecule has 3 amide bonds. The minimum absolute atomic E-state index is 0.184. The summed E-state index contributed by atoms with van der Waals surface area (Å²) in [4.78, 5) is 39.1. The Labute approximate surface area is 228 Å². The van der Waals surface area contributed by atoms with Crippen molar-refractivity contribution < 1.29 is 28.2 Å². The van der Waals surface area contributed by atoms with Gasteiger partial charge in [0.05, 0.1) is 11.5 Å². The molecule has 7 nitrogen and oxygen atoms in total. The molecule has 1 fully saturated rings. The molecule has 1 aliphatic rings. The van der Waals surface area contributed by atoms with E-state index in [-0.39, 0.29) is 17.3 Å². The summed E-state index contributed by atoms with van der Waals surface area (Å²) in [5.74, 6) is -0.463. The lowest BCUT2D eigenvalue weighted by Gasteiger charge is -2.14. The van der Waals surface area contributed by atoms with Crippen molar-refractivity contribution in [1.82, 2.24) is 4.90 Å². The van der Waals surface area contributed by atoms with Crippen LogP contribution in [0, 0.1) is 12.7 Å². The highest BCUT2D eigenvalue weighted by Crippen LogP contribution is 2.35. The van der Waals surface area contributed by atoms with Crippen LogP contribution in [-0.4, -0.2) is 35.1 Å². The highest BCUT2D eigenvalue weighted by Gasteiger charge is 2.36. The van der Waals surface area contributed by atoms with Gasteiger partial charge in [-0.1, -0.05) is 35.9 Å². The number of amides is 3. The number of aryl methyl sites for hydroxylation is 1. The van der Waals surface area contributed by atoms with Crippen LogP contribution in [0.5, 0.6) is 11.5 Å². The second-order valence-corrected chi connectivity index (χ2v) is 9.76. The number of hydrogen-bond acceptors (Lipinski definition) is 6. The molecule has 0 radical (unpaired) electrons. The number of halogens is 2. The van der Waals surface area contributed by atoms with E-state index in [0.717, 1.165) is 27.8 Å². The van der Waals surface area contributed by atoms with Crippen LogP contribution in [0.4, 0.5) is 14.9 Å². The summed E-state index contributed by atoms with van der Waals surface area (Å²) < 4.78 is 24.7. The van der Waals surface area contributed by atoms with E-state index in [9.17, 15) is 18.8 Å². The maximum absolute atomic E-state index is 13.1. The van der Waals surface area contributed by atoms with Crippen LogP contribution in [0.2, 0.25) is 5.02 Å². The second-order valence-electron chi connectivity index (χ2n) is 8.33. The predicted octanol–water partition coefficient (Wildman–Crippen LogP) is 6.44. The average Bonchev–Trinajstić information content (AvgIpc) is 3.14. The molecule has 0 unspecified atom stereocenters. The molecular weight excluding hydrogens is 531 g/mol. The summed E-state index contributed by atoms with van der Waals surface area (Å²) >= 11 is 6.75. The largest absolute Gasteiger partial charge is 0.490 e. The molecule has 10 heteroatoms. The van der Waals surface area contributed by atoms with Crippen molar-refractivity contribution in [1.29, 1.82) is 0 Å². The standard InChI is InChI=1S/C28H24ClFN2O5S/c1-3-36-24-12-19(7-11-23(24)37-16-18-5-9-21(30)10-6-18)13-25-27(34)32(28(35)38-25)15-26(33)31-22-14-20(29)8-4-17(22)2/h4-14H,3,15-16H2,1-2H3,(H,31,33)/b25-13-. The van der Waals surface area contributed by atoms with Crippen molar-refractivity contribution in [3.8, 4) is 11.5 Å². The summed E-state index contributed by atoms with van der Waals surface area (Å²) in [6, 6.07) is 16.2. The Morgan fingerprint density at radius 2 is 1.82 bits per heavy atom. The maximum atomic E-state index is 13.1. The van der Waals surface area contributed by atoms with Crippen LogP contribution >= 0.6 is 23.4 Å². The van der Waals surface area contributed by atoms with Crippen LogP contribution in [0.3, 0.4) is 0 Å². The zero-order valence-electron chi connectivity index (χ0n) is 20.6. The fourth-order valence-electron chi connectivity index (χ4n) is 3.59. The summed E-state index contributed by atoms with van der Waals surface area (Å²) in [6.07, 6.45) is 1.57. The Morgan fingerprint density at radius 1 is 1.05 bits per heavy atom. The topological polar surface area (TPSA) is 84.9 Å². The number of nitrogens with one attached hydrogen (secondary N) is 1. The molecule has 38 heavy (non-hydrogen) atoms. The van der Waals surface area contributed by atoms with Gasteiger partial charge in [0.1, 0.15) is 19.0 Å². The van der Waals surface area contributed by atoms with E-state index < -0.39 is 23.6 Å². The number of nitrogens with zero attached hydrogens (tertiary/aromatic N) is 1. The summed E-state index contributed by atoms with van der Waals surface area (Å²) in [5.41, 5.74) is 2.72. The third-order valence-electron chi connectivity index (χ3n) is 5.52. The van der Waals surface area contributed by atoms with Gasteiger partial charge < -0.3 is 14.8 Å². The van der Waals surface area contributed by atoms with E-state index in [1.165, 1.54) is 12.1 Å². The molecule has 0 aliphatic carbocycles. The van der Waals surface area contributed by atoms with E-state index in [4.69, 9.17) is 21.1 Å². The number of benzene rings is 3. The second kappa shape index (κ2) is 12.1. The van der Waals surface area contributed by atoms with Gasteiger partial charge in [0.15, 0.2) is 11.5 Å². The SMILES string of the molecule is CCOc1cc(/C=C2\SC(=O)N(CC(=O)Nc3cc(Cl)ccc3C)C2=O)ccc1OCc1ccc(F)cc1. The zero-order chi connectivity index (χ0) is 27.2. The van der Waals surface area contributed by atoms with Crippen LogP contribution in [-0.2, 0) is 16.2 Å². The lowest BCUT2D eigenvalue weighted by atomic mass is 10.1. The molecule has 1 heterocycles. The van der Waals surface area contributed by atoms with Gasteiger partial charge in [0.2, 0.25) is 5.91 Å². The first-order valence-electron chi connectivity index (χ1n) is 11.7. The van der Waals surface area contributed by atoms with Crippen molar-refractivity contribution >= 4 is 52.2 Å². The molecule has 1 aliphatic heterocycles. The van der Waals surface area contributed by atoms with Crippen molar-refractivity contribution in [3.05, 3.63) is 93.1 Å². The Bertz CT molecular complexity index is 1410. The first-order valence-corrected chi connectivity index (χ1v) is 12.9. The van der Waals surface area contributed by atoms with Crippen molar-refractivity contribution in [3.63, 3.8) is 0 Å². The van der Waals surface area contributed by atoms with Gasteiger partial charge in [-0.15, -0.1) is 0 Å². The van der Waals surface area contributed by atoms with E-state index in [2.05, 4.69) is 5.32 Å². The Hall–Kier alpha value is -3.82. The number of rotatable bonds is 9. The van der Waals surface area contributed by atoms with Crippen LogP contribution in [0.15, 0.2) is 65.6 Å². The lowest BCUT2D eigenvalue weighted by molar-refractivity contribution is -0.127. The van der Waals surface area contributed by atoms with E-state index in [1.807, 2.05) is 13.8 Å². The molecule has 0 saturated carbocycles. The molecular formula is C28H24ClFN2O5S. The monoisotopic (exact) mass is 554 g/mol. The van der Waals surface area contributed by atoms with Gasteiger partial charge in [-0.25, -0.2) is 4.39 Å². The molecule has 1 N–H and O–H groups in total. The number of ether oxygens (including phenoxy) is 2. The fourth-order valence-corrected chi connectivity index (χ4v) is 4.60. The number of anilines is 1. The first kappa shape index (κ1) is 27.2. The van der Waals surface area contributed by atoms with Crippen LogP contribution < -0.4 is 14.8 Å². The van der Waals surface area contributed by atoms with Gasteiger partial charge in [-0.2, -0.15) is 0 Å². The van der Waals surface area contributed by atoms with Gasteiger partial charge in [0, 0.05) is 10.7 Å². The Kier molecular flexibility index (Phi) is 8.70. The van der Waals surface area contributed by atoms with Crippen molar-refractivity contribution in [2.75, 3.05) is 18.5 Å². The highest BCUT2D eigenvalue weighted by molar-refractivity contribution is 8.18. The molecule has 4 rings (SSSR count). The quantitative estimate of drug-likeness (QED) is 0.306. The minimum atomic E-state index is -0.562. The Morgan fingerprint density at radius 3 is 2.55 bits per heavy atom. The smallest absolute Gasteiger partial charge is 0.294 e. The normalized spacial score (nSPS) is 14.2. The van der Waals surface area contributed by atoms with E-state index in [0.29, 0.717) is 34.4 Å². The third-order valence-corrected chi connectivity index (χ3v) is 6.66. The lowest BCUT2D eigenvalue weighted by Crippen LogP contribution is -2.36. The molecule has 0 aromatic heterocycles. The summed E-state index contributed by atoms with van der Waals surface area (Å²) in [6.45, 7) is 3.82. The number of thioether (sulfide) groups is 1. The highest BCUT2D eigenvalue weighted by atomic mass is 35.5. The summed E-state index contributed by atoms with van der Waals surface area (Å²) in [7, 11) is 0. The average molecular weight is 555 g/mol. The van der Waals surface area contributed by atoms with Gasteiger partial charge in [0.25, 0.3) is 11.1 Å². The Balaban J connectivity index is 1.45. The fraction of sp³-hybridized carbons (Fsp3) is 0.179. The zero-order valence-corrected chi connectivity index (χ0v) is 22.2. The molecule has 3 aromatic rings. The van der Waals surface area contributed by atoms with Crippen LogP contribution in [0.25, 0.3) is 6.08 Å². The van der Waals surface area contributed by atoms with Gasteiger partial charge >= 0.3 is 0 Å². The van der Waals surface area contributed by atoms with Crippen molar-refractivity contribution in [2.24, 2.45) is 0 Å². The molecule has 0 atom stereocenters. The molecule has 0 spiro atoms. The minimum Gasteiger partial charge on any atom is -0.490 e. The number of carbonyl (C=O) groups excluding carboxylic acids is 3. The van der Waals surface area contributed by atoms with Gasteiger partial charge in [-0.3, -0.25) is 19.3 Å². The number of hydrogen-bond donors (Lipinski definition) is 1. The molecule has 196 valence electrons. The third kappa shape index (κ3) is 6.73. The maximum Gasteiger partial charge on any atom is 0.294 e. The summed E-state index contributed by atoms with van der Waals surface area (Å²) in [5, 5.41) is 2.61. The molecule has 1 saturated heterocycles. The van der Waals surface area contributed by atoms with E-state index >= 15 is 0 Å². The van der Waals surface area contributed by atoms with Crippen molar-refractivity contribution in [2.45, 2.75) is 20.5 Å². The van der Waals surface area contributed by atoms with Crippen LogP contribution in [0.1, 0.15) is 23.6 Å². The number of carbonyl (C=O) groups is 3. The molecule has 3 aromatic carbocycles. The number of imide groups is 1.